The van der Waals surface area contributed by atoms with Crippen LogP contribution in [0.5, 0.6) is 11.5 Å². The maximum Gasteiger partial charge on any atom is 0.357 e. The Bertz CT molecular complexity index is 1090. The minimum Gasteiger partial charge on any atom is -0.496 e. The Balaban J connectivity index is 1.83. The molecule has 0 N–H and O–H groups in total. The van der Waals surface area contributed by atoms with Gasteiger partial charge in [0.1, 0.15) is 16.5 Å². The van der Waals surface area contributed by atoms with Crippen LogP contribution in [0.15, 0.2) is 47.8 Å². The Morgan fingerprint density at radius 2 is 1.74 bits per heavy atom. The average Bonchev–Trinajstić information content (AvgIpc) is 3.33. The van der Waals surface area contributed by atoms with E-state index in [1.807, 2.05) is 25.1 Å². The van der Waals surface area contributed by atoms with Gasteiger partial charge >= 0.3 is 5.97 Å². The number of carbonyl (C=O) groups is 2. The molecule has 0 radical (unpaired) electrons. The fraction of sp³-hybridized carbons (Fsp3) is 0.346. The molecule has 0 fully saturated rings. The number of aromatic nitrogens is 1. The highest BCUT2D eigenvalue weighted by atomic mass is 32.1. The first-order chi connectivity index (χ1) is 16.5. The van der Waals surface area contributed by atoms with Crippen molar-refractivity contribution >= 4 is 23.2 Å². The molecule has 1 aromatic heterocycles. The van der Waals surface area contributed by atoms with Gasteiger partial charge in [-0.1, -0.05) is 30.3 Å². The average molecular weight is 483 g/mol. The summed E-state index contributed by atoms with van der Waals surface area (Å²) in [7, 11) is 3.14. The van der Waals surface area contributed by atoms with Gasteiger partial charge in [-0.25, -0.2) is 9.78 Å². The molecule has 0 saturated carbocycles. The normalized spacial score (nSPS) is 10.6. The Kier molecular flexibility index (Phi) is 9.04. The highest BCUT2D eigenvalue weighted by molar-refractivity contribution is 7.09. The van der Waals surface area contributed by atoms with Gasteiger partial charge < -0.3 is 19.1 Å². The largest absolute Gasteiger partial charge is 0.496 e. The number of benzene rings is 2. The highest BCUT2D eigenvalue weighted by Crippen LogP contribution is 2.30. The van der Waals surface area contributed by atoms with E-state index in [9.17, 15) is 9.59 Å². The van der Waals surface area contributed by atoms with Crippen LogP contribution in [0.2, 0.25) is 0 Å². The number of hydrogen-bond donors (Lipinski definition) is 0. The second-order valence-electron chi connectivity index (χ2n) is 7.67. The standard InChI is InChI=1S/C26H30N2O5S/c1-5-33-26(30)21-17-34-24(27-21)16-28(13-9-12-19-10-7-6-8-11-19)25(29)20-14-22(31-3)18(2)23(15-20)32-4/h6-8,10-11,14-15,17H,5,9,12-13,16H2,1-4H3. The van der Waals surface area contributed by atoms with Gasteiger partial charge in [0.2, 0.25) is 0 Å². The molecule has 0 aliphatic rings. The maximum absolute atomic E-state index is 13.6. The molecule has 0 aliphatic carbocycles. The molecule has 34 heavy (non-hydrogen) atoms. The topological polar surface area (TPSA) is 78.0 Å². The lowest BCUT2D eigenvalue weighted by Crippen LogP contribution is -2.32. The van der Waals surface area contributed by atoms with Crippen LogP contribution in [0, 0.1) is 6.92 Å². The Morgan fingerprint density at radius 3 is 2.35 bits per heavy atom. The fourth-order valence-electron chi connectivity index (χ4n) is 3.61. The maximum atomic E-state index is 13.6. The van der Waals surface area contributed by atoms with Crippen LogP contribution < -0.4 is 9.47 Å². The van der Waals surface area contributed by atoms with E-state index in [0.29, 0.717) is 28.6 Å². The molecular formula is C26H30N2O5S. The molecule has 2 aromatic carbocycles. The predicted octanol–water partition coefficient (Wildman–Crippen LogP) is 4.92. The van der Waals surface area contributed by atoms with Crippen molar-refractivity contribution in [3.05, 3.63) is 75.2 Å². The zero-order valence-electron chi connectivity index (χ0n) is 20.0. The van der Waals surface area contributed by atoms with Crippen LogP contribution in [0.4, 0.5) is 0 Å². The quantitative estimate of drug-likeness (QED) is 0.361. The summed E-state index contributed by atoms with van der Waals surface area (Å²) in [6, 6.07) is 13.6. The second kappa shape index (κ2) is 12.2. The second-order valence-corrected chi connectivity index (χ2v) is 8.61. The Labute approximate surface area is 204 Å². The monoisotopic (exact) mass is 482 g/mol. The van der Waals surface area contributed by atoms with Gasteiger partial charge in [0.25, 0.3) is 5.91 Å². The number of ether oxygens (including phenoxy) is 3. The number of esters is 1. The van der Waals surface area contributed by atoms with E-state index in [-0.39, 0.29) is 24.8 Å². The summed E-state index contributed by atoms with van der Waals surface area (Å²) in [6.45, 7) is 4.74. The molecule has 0 atom stereocenters. The Hall–Kier alpha value is -3.39. The first-order valence-corrected chi connectivity index (χ1v) is 12.0. The van der Waals surface area contributed by atoms with Gasteiger partial charge in [-0.2, -0.15) is 0 Å². The number of thiazole rings is 1. The lowest BCUT2D eigenvalue weighted by atomic mass is 10.1. The SMILES string of the molecule is CCOC(=O)c1csc(CN(CCCc2ccccc2)C(=O)c2cc(OC)c(C)c(OC)c2)n1. The number of methoxy groups -OCH3 is 2. The van der Waals surface area contributed by atoms with Gasteiger partial charge in [0.15, 0.2) is 5.69 Å². The number of hydrogen-bond acceptors (Lipinski definition) is 7. The molecule has 3 rings (SSSR count). The fourth-order valence-corrected chi connectivity index (χ4v) is 4.39. The van der Waals surface area contributed by atoms with Crippen molar-refractivity contribution in [2.45, 2.75) is 33.2 Å². The molecule has 8 heteroatoms. The third-order valence-electron chi connectivity index (χ3n) is 5.39. The smallest absolute Gasteiger partial charge is 0.357 e. The summed E-state index contributed by atoms with van der Waals surface area (Å²) in [5.41, 5.74) is 2.78. The molecule has 0 bridgehead atoms. The summed E-state index contributed by atoms with van der Waals surface area (Å²) < 4.78 is 15.9. The van der Waals surface area contributed by atoms with Crippen LogP contribution in [-0.4, -0.2) is 49.1 Å². The molecule has 0 saturated heterocycles. The highest BCUT2D eigenvalue weighted by Gasteiger charge is 2.22. The molecule has 0 spiro atoms. The minimum atomic E-state index is -0.458. The van der Waals surface area contributed by atoms with Crippen LogP contribution in [0.3, 0.4) is 0 Å². The molecule has 1 heterocycles. The van der Waals surface area contributed by atoms with E-state index in [2.05, 4.69) is 17.1 Å². The predicted molar refractivity (Wildman–Crippen MR) is 132 cm³/mol. The molecule has 180 valence electrons. The zero-order chi connectivity index (χ0) is 24.5. The van der Waals surface area contributed by atoms with Crippen molar-refractivity contribution < 1.29 is 23.8 Å². The summed E-state index contributed by atoms with van der Waals surface area (Å²) in [5.74, 6) is 0.564. The zero-order valence-corrected chi connectivity index (χ0v) is 20.8. The molecule has 3 aromatic rings. The summed E-state index contributed by atoms with van der Waals surface area (Å²) >= 11 is 1.34. The van der Waals surface area contributed by atoms with Gasteiger partial charge in [-0.05, 0) is 44.4 Å². The van der Waals surface area contributed by atoms with E-state index in [4.69, 9.17) is 14.2 Å². The molecular weight excluding hydrogens is 452 g/mol. The molecule has 1 amide bonds. The van der Waals surface area contributed by atoms with Gasteiger partial charge in [0, 0.05) is 23.1 Å². The lowest BCUT2D eigenvalue weighted by molar-refractivity contribution is 0.0520. The third kappa shape index (κ3) is 6.35. The van der Waals surface area contributed by atoms with Crippen LogP contribution in [0.25, 0.3) is 0 Å². The van der Waals surface area contributed by atoms with Crippen LogP contribution >= 0.6 is 11.3 Å². The summed E-state index contributed by atoms with van der Waals surface area (Å²) in [6.07, 6.45) is 1.63. The van der Waals surface area contributed by atoms with Crippen molar-refractivity contribution in [1.82, 2.24) is 9.88 Å². The van der Waals surface area contributed by atoms with Crippen molar-refractivity contribution in [3.63, 3.8) is 0 Å². The Morgan fingerprint density at radius 1 is 1.06 bits per heavy atom. The van der Waals surface area contributed by atoms with Crippen molar-refractivity contribution in [3.8, 4) is 11.5 Å². The first-order valence-electron chi connectivity index (χ1n) is 11.1. The summed E-state index contributed by atoms with van der Waals surface area (Å²) in [4.78, 5) is 31.7. The van der Waals surface area contributed by atoms with E-state index in [1.165, 1.54) is 16.9 Å². The minimum absolute atomic E-state index is 0.155. The van der Waals surface area contributed by atoms with Crippen molar-refractivity contribution in [2.24, 2.45) is 0 Å². The van der Waals surface area contributed by atoms with Gasteiger partial charge in [0.05, 0.1) is 27.4 Å². The number of amides is 1. The summed E-state index contributed by atoms with van der Waals surface area (Å²) in [5, 5.41) is 2.33. The number of nitrogens with zero attached hydrogens (tertiary/aromatic N) is 2. The van der Waals surface area contributed by atoms with E-state index >= 15 is 0 Å². The number of rotatable bonds is 11. The molecule has 0 aliphatic heterocycles. The molecule has 7 nitrogen and oxygen atoms in total. The van der Waals surface area contributed by atoms with Gasteiger partial charge in [-0.3, -0.25) is 4.79 Å². The molecule has 0 unspecified atom stereocenters. The third-order valence-corrected chi connectivity index (χ3v) is 6.22. The van der Waals surface area contributed by atoms with E-state index < -0.39 is 5.97 Å². The van der Waals surface area contributed by atoms with Gasteiger partial charge in [-0.15, -0.1) is 11.3 Å². The van der Waals surface area contributed by atoms with Crippen molar-refractivity contribution in [1.29, 1.82) is 0 Å². The van der Waals surface area contributed by atoms with Crippen molar-refractivity contribution in [2.75, 3.05) is 27.4 Å². The van der Waals surface area contributed by atoms with E-state index in [1.54, 1.807) is 43.6 Å². The number of aryl methyl sites for hydroxylation is 1. The van der Waals surface area contributed by atoms with Crippen LogP contribution in [-0.2, 0) is 17.7 Å². The number of carbonyl (C=O) groups excluding carboxylic acids is 2. The van der Waals surface area contributed by atoms with E-state index in [0.717, 1.165) is 18.4 Å². The van der Waals surface area contributed by atoms with Crippen LogP contribution in [0.1, 0.15) is 50.3 Å². The first kappa shape index (κ1) is 25.2. The lowest BCUT2D eigenvalue weighted by Gasteiger charge is -2.23.